The van der Waals surface area contributed by atoms with Crippen molar-refractivity contribution in [3.05, 3.63) is 29.3 Å². The molecule has 0 aliphatic carbocycles. The monoisotopic (exact) mass is 328 g/mol. The summed E-state index contributed by atoms with van der Waals surface area (Å²) in [5.41, 5.74) is 1.76. The number of carbonyl (C=O) groups is 2. The quantitative estimate of drug-likeness (QED) is 0.804. The number of nitrogens with one attached hydrogen (secondary N) is 1. The van der Waals surface area contributed by atoms with E-state index in [-0.39, 0.29) is 18.0 Å². The van der Waals surface area contributed by atoms with Crippen molar-refractivity contribution >= 4 is 17.7 Å². The first-order valence-electron chi connectivity index (χ1n) is 8.02. The molecule has 2 atom stereocenters. The molecular formula is C19H24N2O3. The highest BCUT2D eigenvalue weighted by Crippen LogP contribution is 2.37. The van der Waals surface area contributed by atoms with Crippen LogP contribution >= 0.6 is 0 Å². The number of ether oxygens (including phenoxy) is 1. The van der Waals surface area contributed by atoms with Gasteiger partial charge in [0.1, 0.15) is 5.60 Å². The summed E-state index contributed by atoms with van der Waals surface area (Å²) in [5.74, 6) is 2.56. The highest BCUT2D eigenvalue weighted by molar-refractivity contribution is 5.94. The first-order chi connectivity index (χ1) is 11.1. The second-order valence-electron chi connectivity index (χ2n) is 7.09. The maximum Gasteiger partial charge on any atom is 0.408 e. The molecule has 1 heterocycles. The van der Waals surface area contributed by atoms with E-state index in [2.05, 4.69) is 11.2 Å². The van der Waals surface area contributed by atoms with E-state index >= 15 is 0 Å². The van der Waals surface area contributed by atoms with Crippen molar-refractivity contribution in [3.8, 4) is 12.3 Å². The highest BCUT2D eigenvalue weighted by atomic mass is 16.6. The largest absolute Gasteiger partial charge is 0.444 e. The Morgan fingerprint density at radius 2 is 2.04 bits per heavy atom. The lowest BCUT2D eigenvalue weighted by atomic mass is 9.90. The van der Waals surface area contributed by atoms with E-state index < -0.39 is 11.7 Å². The van der Waals surface area contributed by atoms with E-state index in [4.69, 9.17) is 11.2 Å². The zero-order chi connectivity index (χ0) is 18.1. The molecule has 0 unspecified atom stereocenters. The fraction of sp³-hybridized carbons (Fsp3) is 0.474. The van der Waals surface area contributed by atoms with Gasteiger partial charge in [0.05, 0.1) is 6.04 Å². The molecule has 1 aliphatic heterocycles. The molecule has 0 bridgehead atoms. The summed E-state index contributed by atoms with van der Waals surface area (Å²) >= 11 is 0. The Hall–Kier alpha value is -2.48. The normalized spacial score (nSPS) is 19.9. The van der Waals surface area contributed by atoms with E-state index in [1.165, 1.54) is 6.92 Å². The second kappa shape index (κ2) is 6.56. The average molecular weight is 328 g/mol. The summed E-state index contributed by atoms with van der Waals surface area (Å²) in [5, 5.41) is 2.91. The SMILES string of the molecule is C#Cc1ccc2c(c1)[C@H](NC(=O)OC(C)(C)C)C[C@H](C)N2C(C)=O. The zero-order valence-corrected chi connectivity index (χ0v) is 14.8. The van der Waals surface area contributed by atoms with Gasteiger partial charge in [0.15, 0.2) is 0 Å². The van der Waals surface area contributed by atoms with E-state index in [1.807, 2.05) is 39.8 Å². The molecule has 1 N–H and O–H groups in total. The molecule has 5 nitrogen and oxygen atoms in total. The Bertz CT molecular complexity index is 698. The maximum atomic E-state index is 12.2. The molecule has 1 aliphatic rings. The molecular weight excluding hydrogens is 304 g/mol. The Balaban J connectivity index is 2.37. The van der Waals surface area contributed by atoms with Gasteiger partial charge in [-0.1, -0.05) is 5.92 Å². The molecule has 1 aromatic carbocycles. The average Bonchev–Trinajstić information content (AvgIpc) is 2.44. The lowest BCUT2D eigenvalue weighted by Crippen LogP contribution is -2.46. The Morgan fingerprint density at radius 3 is 2.58 bits per heavy atom. The van der Waals surface area contributed by atoms with Gasteiger partial charge in [-0.3, -0.25) is 4.79 Å². The molecule has 2 amide bonds. The van der Waals surface area contributed by atoms with Gasteiger partial charge in [0.25, 0.3) is 0 Å². The summed E-state index contributed by atoms with van der Waals surface area (Å²) in [4.78, 5) is 25.9. The number of fused-ring (bicyclic) bond motifs is 1. The minimum Gasteiger partial charge on any atom is -0.444 e. The van der Waals surface area contributed by atoms with E-state index in [1.54, 1.807) is 11.0 Å². The molecule has 1 aromatic rings. The van der Waals surface area contributed by atoms with Crippen molar-refractivity contribution in [2.45, 2.75) is 58.7 Å². The molecule has 0 radical (unpaired) electrons. The van der Waals surface area contributed by atoms with Gasteiger partial charge in [-0.15, -0.1) is 6.42 Å². The van der Waals surface area contributed by atoms with Crippen LogP contribution in [0.4, 0.5) is 10.5 Å². The number of anilines is 1. The van der Waals surface area contributed by atoms with Crippen molar-refractivity contribution in [1.29, 1.82) is 0 Å². The van der Waals surface area contributed by atoms with Crippen molar-refractivity contribution < 1.29 is 14.3 Å². The summed E-state index contributed by atoms with van der Waals surface area (Å²) in [7, 11) is 0. The van der Waals surface area contributed by atoms with Crippen LogP contribution in [0.2, 0.25) is 0 Å². The van der Waals surface area contributed by atoms with Gasteiger partial charge < -0.3 is 15.0 Å². The second-order valence-corrected chi connectivity index (χ2v) is 7.09. The lowest BCUT2D eigenvalue weighted by Gasteiger charge is -2.39. The molecule has 0 aromatic heterocycles. The Kier molecular flexibility index (Phi) is 4.88. The van der Waals surface area contributed by atoms with Crippen LogP contribution in [0.5, 0.6) is 0 Å². The molecule has 128 valence electrons. The van der Waals surface area contributed by atoms with Crippen LogP contribution in [0.25, 0.3) is 0 Å². The van der Waals surface area contributed by atoms with Gasteiger partial charge in [-0.2, -0.15) is 0 Å². The molecule has 0 saturated carbocycles. The van der Waals surface area contributed by atoms with Gasteiger partial charge in [-0.05, 0) is 57.9 Å². The summed E-state index contributed by atoms with van der Waals surface area (Å²) in [6.45, 7) is 8.95. The van der Waals surface area contributed by atoms with Gasteiger partial charge in [0.2, 0.25) is 5.91 Å². The van der Waals surface area contributed by atoms with Crippen LogP contribution in [0.1, 0.15) is 58.2 Å². The van der Waals surface area contributed by atoms with Crippen molar-refractivity contribution in [2.24, 2.45) is 0 Å². The predicted octanol–water partition coefficient (Wildman–Crippen LogP) is 3.38. The topological polar surface area (TPSA) is 58.6 Å². The van der Waals surface area contributed by atoms with Crippen LogP contribution in [0.3, 0.4) is 0 Å². The number of nitrogens with zero attached hydrogens (tertiary/aromatic N) is 1. The third-order valence-electron chi connectivity index (χ3n) is 3.88. The zero-order valence-electron chi connectivity index (χ0n) is 14.8. The molecule has 5 heteroatoms. The van der Waals surface area contributed by atoms with Gasteiger partial charge >= 0.3 is 6.09 Å². The number of alkyl carbamates (subject to hydrolysis) is 1. The molecule has 0 spiro atoms. The van der Waals surface area contributed by atoms with Crippen LogP contribution in [0, 0.1) is 12.3 Å². The number of benzene rings is 1. The standard InChI is InChI=1S/C19H24N2O3/c1-7-14-8-9-17-15(11-14)16(10-12(2)21(17)13(3)22)20-18(23)24-19(4,5)6/h1,8-9,11-12,16H,10H2,2-6H3,(H,20,23)/t12-,16+/m0/s1. The first-order valence-corrected chi connectivity index (χ1v) is 8.02. The molecule has 2 rings (SSSR count). The number of rotatable bonds is 1. The van der Waals surface area contributed by atoms with Crippen LogP contribution in [0.15, 0.2) is 18.2 Å². The smallest absolute Gasteiger partial charge is 0.408 e. The summed E-state index contributed by atoms with van der Waals surface area (Å²) in [6.07, 6.45) is 5.61. The van der Waals surface area contributed by atoms with E-state index in [9.17, 15) is 9.59 Å². The number of hydrogen-bond acceptors (Lipinski definition) is 3. The number of hydrogen-bond donors (Lipinski definition) is 1. The molecule has 0 fully saturated rings. The summed E-state index contributed by atoms with van der Waals surface area (Å²) in [6, 6.07) is 5.20. The van der Waals surface area contributed by atoms with Crippen LogP contribution in [-0.4, -0.2) is 23.6 Å². The number of carbonyl (C=O) groups excluding carboxylic acids is 2. The highest BCUT2D eigenvalue weighted by Gasteiger charge is 2.34. The minimum absolute atomic E-state index is 0.0343. The predicted molar refractivity (Wildman–Crippen MR) is 93.7 cm³/mol. The van der Waals surface area contributed by atoms with Crippen molar-refractivity contribution in [1.82, 2.24) is 5.32 Å². The lowest BCUT2D eigenvalue weighted by molar-refractivity contribution is -0.117. The van der Waals surface area contributed by atoms with E-state index in [0.717, 1.165) is 11.3 Å². The van der Waals surface area contributed by atoms with Crippen LogP contribution < -0.4 is 10.2 Å². The van der Waals surface area contributed by atoms with Crippen LogP contribution in [-0.2, 0) is 9.53 Å². The Morgan fingerprint density at radius 1 is 1.38 bits per heavy atom. The van der Waals surface area contributed by atoms with Gasteiger partial charge in [-0.25, -0.2) is 4.79 Å². The minimum atomic E-state index is -0.570. The van der Waals surface area contributed by atoms with Gasteiger partial charge in [0, 0.05) is 24.2 Å². The Labute approximate surface area is 143 Å². The van der Waals surface area contributed by atoms with Crippen molar-refractivity contribution in [2.75, 3.05) is 4.90 Å². The molecule has 24 heavy (non-hydrogen) atoms. The first kappa shape index (κ1) is 17.9. The fourth-order valence-electron chi connectivity index (χ4n) is 3.02. The fourth-order valence-corrected chi connectivity index (χ4v) is 3.02. The maximum absolute atomic E-state index is 12.2. The third-order valence-corrected chi connectivity index (χ3v) is 3.88. The third kappa shape index (κ3) is 3.88. The summed E-state index contributed by atoms with van der Waals surface area (Å²) < 4.78 is 5.35. The van der Waals surface area contributed by atoms with E-state index in [0.29, 0.717) is 12.0 Å². The van der Waals surface area contributed by atoms with Crippen molar-refractivity contribution in [3.63, 3.8) is 0 Å². The molecule has 0 saturated heterocycles. The number of terminal acetylenes is 1. The number of amides is 2.